The number of nitrogens with zero attached hydrogens (tertiary/aromatic N) is 20. The zero-order valence-corrected chi connectivity index (χ0v) is 85.0. The number of pyridine rings is 8. The molecule has 24 nitrogen and oxygen atoms in total. The largest absolute Gasteiger partial charge is 1.00 e. The molecule has 0 spiro atoms. The lowest BCUT2D eigenvalue weighted by atomic mass is 9.96. The fourth-order valence-corrected chi connectivity index (χ4v) is 18.7. The molecule has 0 atom stereocenters. The number of aryl methyl sites for hydroxylation is 4. The van der Waals surface area contributed by atoms with Crippen molar-refractivity contribution < 1.29 is 114 Å². The molecule has 16 bridgehead atoms. The van der Waals surface area contributed by atoms with E-state index in [0.717, 1.165) is 177 Å². The topological polar surface area (TPSA) is 285 Å². The van der Waals surface area contributed by atoms with Gasteiger partial charge in [0.05, 0.1) is 0 Å². The van der Waals surface area contributed by atoms with Crippen LogP contribution in [0.15, 0.2) is 342 Å². The maximum atomic E-state index is 5.49. The summed E-state index contributed by atoms with van der Waals surface area (Å²) in [5, 5.41) is 7.15. The number of H-pyrrole nitrogens is 4. The molecule has 4 aliphatic rings. The van der Waals surface area contributed by atoms with E-state index in [9.17, 15) is 0 Å². The second kappa shape index (κ2) is 38.1. The number of hydrogen-bond donors (Lipinski definition) is 4. The van der Waals surface area contributed by atoms with Gasteiger partial charge in [0.25, 0.3) is 0 Å². The van der Waals surface area contributed by atoms with Gasteiger partial charge in [0.2, 0.25) is 0 Å². The van der Waals surface area contributed by atoms with E-state index in [1.165, 1.54) is 0 Å². The van der Waals surface area contributed by atoms with Crippen LogP contribution < -0.4 is 114 Å². The summed E-state index contributed by atoms with van der Waals surface area (Å²) >= 11 is 2.15. The number of halogens is 5. The number of aromatic nitrogens is 24. The van der Waals surface area contributed by atoms with Crippen molar-refractivity contribution in [3.63, 3.8) is 0 Å². The summed E-state index contributed by atoms with van der Waals surface area (Å²) in [6.07, 6.45) is 30.8. The molecule has 138 heavy (non-hydrogen) atoms. The Morgan fingerprint density at radius 2 is 0.348 bits per heavy atom. The number of rotatable bonds is 8. The fourth-order valence-electron chi connectivity index (χ4n) is 18.7. The third kappa shape index (κ3) is 16.2. The van der Waals surface area contributed by atoms with Gasteiger partial charge in [0, 0.05) is 186 Å². The van der Waals surface area contributed by atoms with Crippen LogP contribution in [-0.4, -0.2) is 105 Å². The molecule has 0 fully saturated rings. The van der Waals surface area contributed by atoms with Crippen LogP contribution in [-0.2, 0) is 28.2 Å². The fraction of sp³-hybridized carbons (Fsp3) is 0.0459. The minimum atomic E-state index is 0. The van der Waals surface area contributed by atoms with E-state index in [2.05, 4.69) is 282 Å². The molecule has 29 heteroatoms. The van der Waals surface area contributed by atoms with Gasteiger partial charge < -0.3 is 116 Å². The van der Waals surface area contributed by atoms with Crippen molar-refractivity contribution in [2.75, 3.05) is 4.93 Å². The summed E-state index contributed by atoms with van der Waals surface area (Å²) < 4.78 is 8.13. The Bertz CT molecular complexity index is 8430. The van der Waals surface area contributed by atoms with Crippen molar-refractivity contribution in [2.45, 2.75) is 0 Å². The molecule has 14 aromatic heterocycles. The second-order valence-electron chi connectivity index (χ2n) is 33.0. The number of nitrogens with one attached hydrogen (secondary N) is 4. The quantitative estimate of drug-likeness (QED) is 0.0627. The third-order valence-electron chi connectivity index (χ3n) is 25.0. The van der Waals surface area contributed by atoms with Crippen molar-refractivity contribution in [1.29, 1.82) is 0 Å². The molecule has 18 heterocycles. The minimum Gasteiger partial charge on any atom is -1.00 e. The first-order valence-corrected chi connectivity index (χ1v) is 45.7. The Hall–Kier alpha value is -14.7. The average Bonchev–Trinajstić information content (AvgIpc) is 1.58. The molecule has 0 aliphatic carbocycles. The lowest BCUT2D eigenvalue weighted by Crippen LogP contribution is -3.00. The minimum absolute atomic E-state index is 0. The summed E-state index contributed by atoms with van der Waals surface area (Å²) in [5.41, 5.74) is 27.8. The summed E-state index contributed by atoms with van der Waals surface area (Å²) in [5.74, 6) is 4.19. The zero-order chi connectivity index (χ0) is 89.8. The summed E-state index contributed by atoms with van der Waals surface area (Å²) in [6.45, 7) is 0. The van der Waals surface area contributed by atoms with Gasteiger partial charge >= 0.3 is 0 Å². The van der Waals surface area contributed by atoms with Crippen molar-refractivity contribution >= 4 is 111 Å². The Morgan fingerprint density at radius 3 is 0.565 bits per heavy atom. The highest BCUT2D eigenvalue weighted by atomic mass is 127. The highest BCUT2D eigenvalue weighted by Crippen LogP contribution is 2.49. The predicted octanol–water partition coefficient (Wildman–Crippen LogP) is 9.02. The van der Waals surface area contributed by atoms with Crippen LogP contribution >= 0.6 is 22.6 Å². The lowest BCUT2D eigenvalue weighted by Gasteiger charge is -2.08. The molecule has 0 saturated carbocycles. The summed E-state index contributed by atoms with van der Waals surface area (Å²) in [4.78, 5) is 98.8. The highest BCUT2D eigenvalue weighted by Gasteiger charge is 2.32. The van der Waals surface area contributed by atoms with Crippen LogP contribution in [0.1, 0.15) is 0 Å². The molecule has 26 rings (SSSR count). The number of alkyl halides is 1. The first-order valence-electron chi connectivity index (χ1n) is 43.6. The molecular weight excluding hydrogens is 2280 g/mol. The molecule has 0 radical (unpaired) electrons. The average molecular weight is 2360 g/mol. The van der Waals surface area contributed by atoms with E-state index in [1.807, 2.05) is 124 Å². The van der Waals surface area contributed by atoms with E-state index in [-0.39, 0.29) is 95.9 Å². The lowest BCUT2D eigenvalue weighted by molar-refractivity contribution is -0.671. The van der Waals surface area contributed by atoms with E-state index in [1.54, 1.807) is 49.6 Å². The first-order chi connectivity index (χ1) is 66.0. The van der Waals surface area contributed by atoms with Crippen molar-refractivity contribution in [1.82, 2.24) is 99.7 Å². The smallest absolute Gasteiger partial charge is 0.169 e. The molecule has 0 unspecified atom stereocenters. The second-order valence-corrected chi connectivity index (χ2v) is 33.0. The van der Waals surface area contributed by atoms with Crippen LogP contribution in [0.25, 0.3) is 268 Å². The van der Waals surface area contributed by atoms with Gasteiger partial charge in [-0.3, -0.25) is 19.9 Å². The molecule has 22 aromatic rings. The number of aromatic amines is 4. The highest BCUT2D eigenvalue weighted by molar-refractivity contribution is 14.1. The standard InChI is InChI=1S/C56H41N12.C52H30N12.CH3I.4HI/c1-65-25-17-33(18-26-65)37-9-5-13-41-45(37)53-57-49(41)62-54-47-39(35-21-29-67(3)30-22-35)11-7-15-43(47)51(59-54)64-56-48-40(36-23-31-68(4)32-24-36)12-8-16-44(48)52(60-56)63-55-46-38(34-19-27-66(2)28-20-34)10-6-14-42(46)50(58-55)61-53;1-5-33(29-13-21-53-22-14-29)41-37(9-1)45-57-49(41)62-46-39-11-3-7-35(31-17-25-55-26-18-31)43(39)51(59-46)64-48-40-12-4-8-36(32-19-27-56-28-20-32)44(40)52(60-48)63-47-38-10-2-6-34(30-15-23-54-24-16-30)42(38)50(58-47)61-45;1-2;;;;/h5-32H,1-4H3,(H,57,58,59,60,61,62,63,64);1-28H,(H2,57,58,59,60,61,62,63,64);1H3;4*1H/q+3;;;;;;/p-3. The number of hydrogen-bond acceptors (Lipinski definition) is 16. The van der Waals surface area contributed by atoms with E-state index in [4.69, 9.17) is 59.8 Å². The van der Waals surface area contributed by atoms with Gasteiger partial charge in [-0.15, -0.1) is 0 Å². The number of fused-ring (bicyclic) bond motifs is 40. The van der Waals surface area contributed by atoms with Gasteiger partial charge in [-0.25, -0.2) is 78.1 Å². The third-order valence-corrected chi connectivity index (χ3v) is 25.0. The monoisotopic (exact) mass is 2350 g/mol. The van der Waals surface area contributed by atoms with Gasteiger partial charge in [-0.05, 0) is 142 Å². The van der Waals surface area contributed by atoms with Crippen LogP contribution in [0.4, 0.5) is 0 Å². The predicted molar refractivity (Wildman–Crippen MR) is 531 cm³/mol. The van der Waals surface area contributed by atoms with Gasteiger partial charge in [0.15, 0.2) is 96.2 Å². The first kappa shape index (κ1) is 91.1. The van der Waals surface area contributed by atoms with E-state index in [0.29, 0.717) is 91.8 Å². The van der Waals surface area contributed by atoms with Crippen LogP contribution in [0, 0.1) is 0 Å². The van der Waals surface area contributed by atoms with Crippen LogP contribution in [0.2, 0.25) is 0 Å². The van der Waals surface area contributed by atoms with Gasteiger partial charge in [-0.1, -0.05) is 168 Å². The van der Waals surface area contributed by atoms with E-state index >= 15 is 0 Å². The molecular formula is C109H75I5N24. The SMILES string of the molecule is CI.C[n+]1ccc(-c2cccc3c2-c2nc-3nc3[nH]c(nc4nc(nc5[nH]c(n2)c2cccc(-c6cc[n+](C)cc6)c52)-c2cccc(-c5cc[n+](C)cc5)c2-4)c2cccc(-c4cc[n+](C)cc4)c32)cc1.[I-].[I-].[I-].[I-].c1cc(-c2ccncc2)c2c(c1)-c1nc-2nc2[nH]c(nc3nc(nc4[nH]c(n1)c1c(-c5ccncc5)cccc41)-c1c(-c4ccncc4)cccc1-3)c1c(-c3ccncc3)cccc21. The molecule has 4 aliphatic heterocycles. The molecule has 4 N–H and O–H groups in total. The van der Waals surface area contributed by atoms with Gasteiger partial charge in [-0.2, -0.15) is 0 Å². The van der Waals surface area contributed by atoms with Gasteiger partial charge in [0.1, 0.15) is 73.4 Å². The molecule has 666 valence electrons. The summed E-state index contributed by atoms with van der Waals surface area (Å²) in [6, 6.07) is 83.0. The van der Waals surface area contributed by atoms with Crippen molar-refractivity contribution in [3.05, 3.63) is 342 Å². The van der Waals surface area contributed by atoms with Crippen LogP contribution in [0.3, 0.4) is 0 Å². The van der Waals surface area contributed by atoms with Crippen molar-refractivity contribution in [3.8, 4) is 180 Å². The Kier molecular flexibility index (Phi) is 25.2. The maximum Gasteiger partial charge on any atom is 0.169 e. The van der Waals surface area contributed by atoms with E-state index < -0.39 is 0 Å². The Balaban J connectivity index is 0.000000163. The summed E-state index contributed by atoms with van der Waals surface area (Å²) in [7, 11) is 8.09. The normalized spacial score (nSPS) is 11.3. The molecule has 0 amide bonds. The Labute approximate surface area is 871 Å². The zero-order valence-electron chi connectivity index (χ0n) is 74.2. The maximum absolute atomic E-state index is 5.49. The Morgan fingerprint density at radius 1 is 0.181 bits per heavy atom. The molecule has 0 saturated heterocycles. The number of benzene rings is 8. The van der Waals surface area contributed by atoms with Crippen molar-refractivity contribution in [2.24, 2.45) is 28.2 Å². The molecule has 8 aromatic carbocycles. The van der Waals surface area contributed by atoms with Crippen LogP contribution in [0.5, 0.6) is 0 Å².